The highest BCUT2D eigenvalue weighted by Crippen LogP contribution is 2.24. The monoisotopic (exact) mass is 251 g/mol. The summed E-state index contributed by atoms with van der Waals surface area (Å²) >= 11 is 0. The minimum atomic E-state index is 0.346. The number of hydrogen-bond donors (Lipinski definition) is 1. The molecule has 2 aliphatic rings. The van der Waals surface area contributed by atoms with Crippen LogP contribution in [-0.4, -0.2) is 36.4 Å². The van der Waals surface area contributed by atoms with Crippen molar-refractivity contribution in [3.05, 3.63) is 11.7 Å². The highest BCUT2D eigenvalue weighted by Gasteiger charge is 2.24. The van der Waals surface area contributed by atoms with Crippen LogP contribution in [0.5, 0.6) is 0 Å². The molecule has 2 aliphatic heterocycles. The van der Waals surface area contributed by atoms with Gasteiger partial charge < -0.3 is 14.6 Å². The van der Waals surface area contributed by atoms with E-state index in [1.165, 1.54) is 19.3 Å². The minimum Gasteiger partial charge on any atom is -0.381 e. The summed E-state index contributed by atoms with van der Waals surface area (Å²) in [6.45, 7) is 3.82. The lowest BCUT2D eigenvalue weighted by molar-refractivity contribution is 0.192. The second-order valence-electron chi connectivity index (χ2n) is 5.36. The molecule has 100 valence electrons. The molecule has 1 aromatic rings. The molecule has 2 saturated heterocycles. The molecule has 0 amide bonds. The highest BCUT2D eigenvalue weighted by molar-refractivity contribution is 4.98. The molecule has 1 N–H and O–H groups in total. The van der Waals surface area contributed by atoms with E-state index in [0.717, 1.165) is 50.9 Å². The summed E-state index contributed by atoms with van der Waals surface area (Å²) in [4.78, 5) is 4.54. The second kappa shape index (κ2) is 5.80. The number of rotatable bonds is 3. The second-order valence-corrected chi connectivity index (χ2v) is 5.36. The van der Waals surface area contributed by atoms with Crippen molar-refractivity contribution >= 4 is 0 Å². The molecule has 0 bridgehead atoms. The van der Waals surface area contributed by atoms with Crippen LogP contribution < -0.4 is 5.32 Å². The molecule has 2 unspecified atom stereocenters. The van der Waals surface area contributed by atoms with E-state index in [1.54, 1.807) is 0 Å². The summed E-state index contributed by atoms with van der Waals surface area (Å²) in [5, 5.41) is 7.54. The van der Waals surface area contributed by atoms with Crippen molar-refractivity contribution in [3.63, 3.8) is 0 Å². The summed E-state index contributed by atoms with van der Waals surface area (Å²) in [5.74, 6) is 2.68. The van der Waals surface area contributed by atoms with Crippen LogP contribution in [0.3, 0.4) is 0 Å². The summed E-state index contributed by atoms with van der Waals surface area (Å²) in [6, 6.07) is 0. The van der Waals surface area contributed by atoms with E-state index in [-0.39, 0.29) is 0 Å². The van der Waals surface area contributed by atoms with Gasteiger partial charge in [0.2, 0.25) is 5.89 Å². The topological polar surface area (TPSA) is 60.2 Å². The summed E-state index contributed by atoms with van der Waals surface area (Å²) in [5.41, 5.74) is 0. The molecular formula is C13H21N3O2. The molecule has 1 aromatic heterocycles. The maximum Gasteiger partial charge on any atom is 0.226 e. The van der Waals surface area contributed by atoms with Crippen molar-refractivity contribution in [2.24, 2.45) is 5.92 Å². The summed E-state index contributed by atoms with van der Waals surface area (Å²) < 4.78 is 10.7. The Morgan fingerprint density at radius 1 is 1.22 bits per heavy atom. The van der Waals surface area contributed by atoms with Gasteiger partial charge in [-0.1, -0.05) is 5.16 Å². The average molecular weight is 251 g/mol. The van der Waals surface area contributed by atoms with Crippen molar-refractivity contribution in [1.29, 1.82) is 0 Å². The first-order chi connectivity index (χ1) is 8.92. The number of hydrogen-bond acceptors (Lipinski definition) is 5. The molecule has 18 heavy (non-hydrogen) atoms. The Bertz CT molecular complexity index is 366. The maximum atomic E-state index is 5.38. The molecule has 0 radical (unpaired) electrons. The Hall–Kier alpha value is -0.940. The Kier molecular flexibility index (Phi) is 3.90. The van der Waals surface area contributed by atoms with Crippen LogP contribution in [0, 0.1) is 5.92 Å². The lowest BCUT2D eigenvalue weighted by Crippen LogP contribution is -2.14. The molecule has 0 aromatic carbocycles. The molecule has 5 nitrogen and oxygen atoms in total. The molecule has 3 heterocycles. The van der Waals surface area contributed by atoms with Crippen molar-refractivity contribution < 1.29 is 9.26 Å². The third-order valence-corrected chi connectivity index (χ3v) is 3.94. The first-order valence-electron chi connectivity index (χ1n) is 7.03. The van der Waals surface area contributed by atoms with Crippen LogP contribution >= 0.6 is 0 Å². The van der Waals surface area contributed by atoms with Gasteiger partial charge in [0.25, 0.3) is 0 Å². The molecule has 0 spiro atoms. The fourth-order valence-electron chi connectivity index (χ4n) is 2.80. The lowest BCUT2D eigenvalue weighted by Gasteiger charge is -2.09. The molecule has 5 heteroatoms. The van der Waals surface area contributed by atoms with Crippen molar-refractivity contribution in [2.75, 3.05) is 26.3 Å². The zero-order valence-corrected chi connectivity index (χ0v) is 10.7. The largest absolute Gasteiger partial charge is 0.381 e. The number of ether oxygens (including phenoxy) is 1. The molecule has 0 saturated carbocycles. The van der Waals surface area contributed by atoms with E-state index in [2.05, 4.69) is 15.5 Å². The Morgan fingerprint density at radius 3 is 3.11 bits per heavy atom. The van der Waals surface area contributed by atoms with Crippen LogP contribution in [0.1, 0.15) is 43.3 Å². The fourth-order valence-corrected chi connectivity index (χ4v) is 2.80. The molecule has 2 fully saturated rings. The van der Waals surface area contributed by atoms with Crippen LogP contribution in [0.4, 0.5) is 0 Å². The first-order valence-corrected chi connectivity index (χ1v) is 7.03. The van der Waals surface area contributed by atoms with Crippen LogP contribution in [0.2, 0.25) is 0 Å². The van der Waals surface area contributed by atoms with Gasteiger partial charge >= 0.3 is 0 Å². The van der Waals surface area contributed by atoms with Gasteiger partial charge in [0.1, 0.15) is 0 Å². The van der Waals surface area contributed by atoms with Gasteiger partial charge in [-0.25, -0.2) is 0 Å². The van der Waals surface area contributed by atoms with E-state index < -0.39 is 0 Å². The molecule has 2 atom stereocenters. The van der Waals surface area contributed by atoms with Crippen molar-refractivity contribution in [3.8, 4) is 0 Å². The standard InChI is InChI=1S/C13H21N3O2/c1-2-10(3-6-14-5-1)8-12-15-13(16-18-12)11-4-7-17-9-11/h10-11,14H,1-9H2. The summed E-state index contributed by atoms with van der Waals surface area (Å²) in [6.07, 6.45) is 5.68. The van der Waals surface area contributed by atoms with Crippen LogP contribution in [0.25, 0.3) is 0 Å². The van der Waals surface area contributed by atoms with Gasteiger partial charge in [-0.3, -0.25) is 0 Å². The number of aromatic nitrogens is 2. The lowest BCUT2D eigenvalue weighted by atomic mass is 9.97. The first kappa shape index (κ1) is 12.1. The Labute approximate surface area is 107 Å². The van der Waals surface area contributed by atoms with Crippen LogP contribution in [0.15, 0.2) is 4.52 Å². The van der Waals surface area contributed by atoms with Gasteiger partial charge in [0.05, 0.1) is 6.61 Å². The smallest absolute Gasteiger partial charge is 0.226 e. The van der Waals surface area contributed by atoms with Gasteiger partial charge in [-0.05, 0) is 44.7 Å². The third-order valence-electron chi connectivity index (χ3n) is 3.94. The maximum absolute atomic E-state index is 5.38. The highest BCUT2D eigenvalue weighted by atomic mass is 16.5. The zero-order valence-electron chi connectivity index (χ0n) is 10.7. The minimum absolute atomic E-state index is 0.346. The zero-order chi connectivity index (χ0) is 12.2. The van der Waals surface area contributed by atoms with Gasteiger partial charge in [-0.2, -0.15) is 4.98 Å². The number of nitrogens with zero attached hydrogens (tertiary/aromatic N) is 2. The quantitative estimate of drug-likeness (QED) is 0.882. The predicted molar refractivity (Wildman–Crippen MR) is 66.4 cm³/mol. The predicted octanol–water partition coefficient (Wildman–Crippen LogP) is 1.51. The van der Waals surface area contributed by atoms with Crippen LogP contribution in [-0.2, 0) is 11.2 Å². The average Bonchev–Trinajstić information content (AvgIpc) is 2.98. The van der Waals surface area contributed by atoms with Gasteiger partial charge in [0.15, 0.2) is 5.82 Å². The molecule has 0 aliphatic carbocycles. The number of nitrogens with one attached hydrogen (secondary N) is 1. The van der Waals surface area contributed by atoms with Crippen molar-refractivity contribution in [1.82, 2.24) is 15.5 Å². The van der Waals surface area contributed by atoms with Crippen molar-refractivity contribution in [2.45, 2.75) is 38.0 Å². The van der Waals surface area contributed by atoms with E-state index in [9.17, 15) is 0 Å². The van der Waals surface area contributed by atoms with E-state index in [1.807, 2.05) is 0 Å². The van der Waals surface area contributed by atoms with Gasteiger partial charge in [-0.15, -0.1) is 0 Å². The Morgan fingerprint density at radius 2 is 2.22 bits per heavy atom. The van der Waals surface area contributed by atoms with E-state index in [4.69, 9.17) is 9.26 Å². The molecule has 3 rings (SSSR count). The fraction of sp³-hybridized carbons (Fsp3) is 0.846. The summed E-state index contributed by atoms with van der Waals surface area (Å²) in [7, 11) is 0. The SMILES string of the molecule is C1CNCCC(Cc2nc(C3CCOC3)no2)C1. The van der Waals surface area contributed by atoms with E-state index in [0.29, 0.717) is 11.8 Å². The van der Waals surface area contributed by atoms with E-state index >= 15 is 0 Å². The Balaban J connectivity index is 1.58. The normalized spacial score (nSPS) is 29.3. The van der Waals surface area contributed by atoms with Gasteiger partial charge in [0, 0.05) is 18.9 Å². The third kappa shape index (κ3) is 2.90. The molecular weight excluding hydrogens is 230 g/mol.